The standard InChI is InChI=1S/C29H48O/c1-7-21(19(2)3)9-8-20(4)25-12-13-26-24-11-10-22-18-23(30)14-16-28(22,5)27(24)15-17-29(25,26)6/h8-9,11,19-23,25-27,30H,7,10,12-18H2,1-6H3/b9-8+/t20-,21-,22+,23+,25-,26?,27?,28+,29-/m1/s1. The van der Waals surface area contributed by atoms with Crippen molar-refractivity contribution in [3.8, 4) is 0 Å². The third kappa shape index (κ3) is 3.66. The van der Waals surface area contributed by atoms with E-state index in [1.807, 2.05) is 5.57 Å². The van der Waals surface area contributed by atoms with Crippen molar-refractivity contribution in [2.75, 3.05) is 0 Å². The Balaban J connectivity index is 1.53. The highest BCUT2D eigenvalue weighted by Gasteiger charge is 2.57. The van der Waals surface area contributed by atoms with Crippen LogP contribution in [0, 0.1) is 52.3 Å². The van der Waals surface area contributed by atoms with Gasteiger partial charge in [0.1, 0.15) is 0 Å². The molecule has 1 nitrogen and oxygen atoms in total. The van der Waals surface area contributed by atoms with E-state index >= 15 is 0 Å². The van der Waals surface area contributed by atoms with Crippen molar-refractivity contribution in [3.63, 3.8) is 0 Å². The maximum absolute atomic E-state index is 10.3. The molecule has 1 N–H and O–H groups in total. The van der Waals surface area contributed by atoms with Crippen molar-refractivity contribution in [3.05, 3.63) is 23.8 Å². The van der Waals surface area contributed by atoms with Gasteiger partial charge in [-0.15, -0.1) is 0 Å². The van der Waals surface area contributed by atoms with Crippen LogP contribution in [0.5, 0.6) is 0 Å². The first-order chi connectivity index (χ1) is 14.2. The van der Waals surface area contributed by atoms with Crippen molar-refractivity contribution < 1.29 is 5.11 Å². The summed E-state index contributed by atoms with van der Waals surface area (Å²) in [5.74, 6) is 5.32. The minimum absolute atomic E-state index is 0.0480. The lowest BCUT2D eigenvalue weighted by Gasteiger charge is -2.57. The topological polar surface area (TPSA) is 20.2 Å². The number of hydrogen-bond donors (Lipinski definition) is 1. The Bertz CT molecular complexity index is 674. The first-order valence-corrected chi connectivity index (χ1v) is 13.3. The Morgan fingerprint density at radius 2 is 1.70 bits per heavy atom. The molecule has 0 aliphatic heterocycles. The van der Waals surface area contributed by atoms with Crippen LogP contribution in [-0.2, 0) is 0 Å². The van der Waals surface area contributed by atoms with Gasteiger partial charge in [-0.1, -0.05) is 65.3 Å². The number of fused-ring (bicyclic) bond motifs is 5. The van der Waals surface area contributed by atoms with E-state index in [1.54, 1.807) is 0 Å². The summed E-state index contributed by atoms with van der Waals surface area (Å²) < 4.78 is 0. The molecule has 4 aliphatic carbocycles. The zero-order valence-electron chi connectivity index (χ0n) is 20.7. The van der Waals surface area contributed by atoms with Crippen LogP contribution in [0.15, 0.2) is 23.8 Å². The van der Waals surface area contributed by atoms with E-state index < -0.39 is 0 Å². The zero-order chi connectivity index (χ0) is 21.7. The molecule has 3 fully saturated rings. The number of hydrogen-bond acceptors (Lipinski definition) is 1. The fourth-order valence-corrected chi connectivity index (χ4v) is 8.68. The highest BCUT2D eigenvalue weighted by atomic mass is 16.3. The van der Waals surface area contributed by atoms with E-state index in [1.165, 1.54) is 44.9 Å². The van der Waals surface area contributed by atoms with Crippen LogP contribution in [0.25, 0.3) is 0 Å². The Labute approximate surface area is 186 Å². The fourth-order valence-electron chi connectivity index (χ4n) is 8.68. The molecule has 0 spiro atoms. The summed E-state index contributed by atoms with van der Waals surface area (Å²) >= 11 is 0. The molecule has 2 unspecified atom stereocenters. The molecule has 0 bridgehead atoms. The molecule has 4 rings (SSSR count). The van der Waals surface area contributed by atoms with Crippen LogP contribution in [0.1, 0.15) is 99.3 Å². The Morgan fingerprint density at radius 1 is 1.00 bits per heavy atom. The maximum Gasteiger partial charge on any atom is 0.0543 e. The second-order valence-electron chi connectivity index (χ2n) is 12.5. The molecule has 0 saturated heterocycles. The number of aliphatic hydroxyl groups is 1. The van der Waals surface area contributed by atoms with Gasteiger partial charge >= 0.3 is 0 Å². The smallest absolute Gasteiger partial charge is 0.0543 e. The van der Waals surface area contributed by atoms with Crippen molar-refractivity contribution in [1.82, 2.24) is 0 Å². The molecule has 0 radical (unpaired) electrons. The van der Waals surface area contributed by atoms with Crippen LogP contribution in [-0.4, -0.2) is 11.2 Å². The van der Waals surface area contributed by atoms with Crippen molar-refractivity contribution in [1.29, 1.82) is 0 Å². The second-order valence-corrected chi connectivity index (χ2v) is 12.5. The van der Waals surface area contributed by atoms with E-state index in [2.05, 4.69) is 59.8 Å². The third-order valence-corrected chi connectivity index (χ3v) is 10.7. The van der Waals surface area contributed by atoms with E-state index in [4.69, 9.17) is 0 Å². The largest absolute Gasteiger partial charge is 0.393 e. The van der Waals surface area contributed by atoms with Crippen LogP contribution in [0.2, 0.25) is 0 Å². The summed E-state index contributed by atoms with van der Waals surface area (Å²) in [5.41, 5.74) is 2.79. The number of aliphatic hydroxyl groups excluding tert-OH is 1. The van der Waals surface area contributed by atoms with Crippen molar-refractivity contribution >= 4 is 0 Å². The molecule has 0 aromatic carbocycles. The van der Waals surface area contributed by atoms with Crippen molar-refractivity contribution in [2.24, 2.45) is 52.3 Å². The van der Waals surface area contributed by atoms with E-state index in [-0.39, 0.29) is 6.10 Å². The molecule has 9 atom stereocenters. The normalized spacial score (nSPS) is 45.6. The van der Waals surface area contributed by atoms with E-state index in [9.17, 15) is 5.11 Å². The molecule has 1 heteroatoms. The number of rotatable bonds is 5. The minimum atomic E-state index is -0.0480. The van der Waals surface area contributed by atoms with Gasteiger partial charge in [-0.2, -0.15) is 0 Å². The molecule has 30 heavy (non-hydrogen) atoms. The molecule has 0 heterocycles. The van der Waals surface area contributed by atoms with Gasteiger partial charge in [0.2, 0.25) is 0 Å². The predicted molar refractivity (Wildman–Crippen MR) is 128 cm³/mol. The predicted octanol–water partition coefficient (Wildman–Crippen LogP) is 7.80. The summed E-state index contributed by atoms with van der Waals surface area (Å²) in [6.45, 7) is 14.8. The average molecular weight is 413 g/mol. The molecule has 0 aromatic rings. The van der Waals surface area contributed by atoms with Crippen LogP contribution in [0.3, 0.4) is 0 Å². The SMILES string of the molecule is CC[C@H](/C=C/[C@@H](C)[C@H]1CCC2C3=CC[C@H]4C[C@@H](O)CC[C@]4(C)C3CC[C@@]21C)C(C)C. The Morgan fingerprint density at radius 3 is 2.40 bits per heavy atom. The first kappa shape index (κ1) is 22.6. The van der Waals surface area contributed by atoms with Gasteiger partial charge in [0.05, 0.1) is 6.10 Å². The summed E-state index contributed by atoms with van der Waals surface area (Å²) in [6, 6.07) is 0. The molecule has 0 aromatic heterocycles. The number of allylic oxidation sites excluding steroid dienone is 4. The minimum Gasteiger partial charge on any atom is -0.393 e. The summed E-state index contributed by atoms with van der Waals surface area (Å²) in [7, 11) is 0. The molecular formula is C29H48O. The van der Waals surface area contributed by atoms with Gasteiger partial charge in [-0.3, -0.25) is 0 Å². The lowest BCUT2D eigenvalue weighted by molar-refractivity contribution is -0.0414. The summed E-state index contributed by atoms with van der Waals surface area (Å²) in [5, 5.41) is 10.3. The molecule has 170 valence electrons. The van der Waals surface area contributed by atoms with Crippen molar-refractivity contribution in [2.45, 2.75) is 105 Å². The average Bonchev–Trinajstić information content (AvgIpc) is 3.06. The molecule has 0 amide bonds. The monoisotopic (exact) mass is 412 g/mol. The van der Waals surface area contributed by atoms with Gasteiger partial charge < -0.3 is 5.11 Å². The lowest BCUT2D eigenvalue weighted by atomic mass is 9.47. The zero-order valence-corrected chi connectivity index (χ0v) is 20.7. The van der Waals surface area contributed by atoms with Gasteiger partial charge in [-0.05, 0) is 110 Å². The molecule has 4 aliphatic rings. The van der Waals surface area contributed by atoms with Crippen LogP contribution >= 0.6 is 0 Å². The lowest BCUT2D eigenvalue weighted by Crippen LogP contribution is -2.49. The molecule has 3 saturated carbocycles. The summed E-state index contributed by atoms with van der Waals surface area (Å²) in [4.78, 5) is 0. The highest BCUT2D eigenvalue weighted by molar-refractivity contribution is 5.28. The van der Waals surface area contributed by atoms with Gasteiger partial charge in [0, 0.05) is 0 Å². The third-order valence-electron chi connectivity index (χ3n) is 10.7. The van der Waals surface area contributed by atoms with Gasteiger partial charge in [-0.25, -0.2) is 0 Å². The maximum atomic E-state index is 10.3. The molecular weight excluding hydrogens is 364 g/mol. The Hall–Kier alpha value is -0.560. The summed E-state index contributed by atoms with van der Waals surface area (Å²) in [6.07, 6.45) is 19.2. The van der Waals surface area contributed by atoms with Gasteiger partial charge in [0.15, 0.2) is 0 Å². The van der Waals surface area contributed by atoms with Crippen LogP contribution in [0.4, 0.5) is 0 Å². The first-order valence-electron chi connectivity index (χ1n) is 13.3. The van der Waals surface area contributed by atoms with E-state index in [0.717, 1.165) is 42.4 Å². The quantitative estimate of drug-likeness (QED) is 0.457. The van der Waals surface area contributed by atoms with Crippen LogP contribution < -0.4 is 0 Å². The second kappa shape index (κ2) is 8.42. The Kier molecular flexibility index (Phi) is 6.35. The van der Waals surface area contributed by atoms with E-state index in [0.29, 0.717) is 22.7 Å². The fraction of sp³-hybridized carbons (Fsp3) is 0.862. The van der Waals surface area contributed by atoms with Gasteiger partial charge in [0.25, 0.3) is 0 Å². The highest BCUT2D eigenvalue weighted by Crippen LogP contribution is 2.66.